The molecule has 1 fully saturated rings. The Kier molecular flexibility index (Phi) is 7.78. The van der Waals surface area contributed by atoms with Crippen molar-refractivity contribution in [1.82, 2.24) is 14.9 Å². The van der Waals surface area contributed by atoms with Gasteiger partial charge in [-0.2, -0.15) is 0 Å². The van der Waals surface area contributed by atoms with Gasteiger partial charge in [-0.05, 0) is 71.1 Å². The molecule has 0 amide bonds. The number of thiazole rings is 1. The summed E-state index contributed by atoms with van der Waals surface area (Å²) in [5.41, 5.74) is 2.67. The summed E-state index contributed by atoms with van der Waals surface area (Å²) >= 11 is 1.56. The first-order chi connectivity index (χ1) is 16.6. The van der Waals surface area contributed by atoms with Crippen LogP contribution in [-0.4, -0.2) is 68.9 Å². The molecular formula is C26H34N4O3S2. The van der Waals surface area contributed by atoms with Crippen LogP contribution in [0.5, 0.6) is 5.75 Å². The molecule has 1 aliphatic rings. The van der Waals surface area contributed by atoms with E-state index in [0.717, 1.165) is 53.6 Å². The fraction of sp³-hybridized carbons (Fsp3) is 0.462. The van der Waals surface area contributed by atoms with E-state index in [1.807, 2.05) is 25.4 Å². The van der Waals surface area contributed by atoms with Crippen LogP contribution in [0.2, 0.25) is 0 Å². The Morgan fingerprint density at radius 3 is 2.51 bits per heavy atom. The topological polar surface area (TPSA) is 75.6 Å². The first-order valence-electron chi connectivity index (χ1n) is 11.9. The lowest BCUT2D eigenvalue weighted by Gasteiger charge is -2.35. The molecule has 1 saturated heterocycles. The molecule has 7 nitrogen and oxygen atoms in total. The Bertz CT molecular complexity index is 1250. The summed E-state index contributed by atoms with van der Waals surface area (Å²) in [6, 6.07) is 9.84. The number of ether oxygens (including phenoxy) is 1. The molecule has 0 unspecified atom stereocenters. The van der Waals surface area contributed by atoms with Gasteiger partial charge in [0.05, 0.1) is 21.7 Å². The number of aromatic nitrogens is 2. The van der Waals surface area contributed by atoms with E-state index in [9.17, 15) is 8.42 Å². The average Bonchev–Trinajstić information content (AvgIpc) is 3.28. The van der Waals surface area contributed by atoms with Crippen molar-refractivity contribution in [2.75, 3.05) is 38.3 Å². The fourth-order valence-electron chi connectivity index (χ4n) is 4.32. The van der Waals surface area contributed by atoms with Gasteiger partial charge in [0, 0.05) is 54.5 Å². The van der Waals surface area contributed by atoms with Crippen molar-refractivity contribution in [3.63, 3.8) is 0 Å². The highest BCUT2D eigenvalue weighted by Gasteiger charge is 2.21. The minimum absolute atomic E-state index is 0.0112. The van der Waals surface area contributed by atoms with Gasteiger partial charge >= 0.3 is 0 Å². The number of nitrogens with zero attached hydrogens (tertiary/aromatic N) is 4. The second-order valence-corrected chi connectivity index (χ2v) is 12.6. The summed E-state index contributed by atoms with van der Waals surface area (Å²) < 4.78 is 30.1. The van der Waals surface area contributed by atoms with Crippen LogP contribution in [0.4, 0.5) is 5.82 Å². The average molecular weight is 515 g/mol. The highest BCUT2D eigenvalue weighted by molar-refractivity contribution is 7.90. The van der Waals surface area contributed by atoms with Crippen LogP contribution in [-0.2, 0) is 16.3 Å². The molecule has 1 aromatic carbocycles. The van der Waals surface area contributed by atoms with Gasteiger partial charge < -0.3 is 14.5 Å². The molecule has 0 bridgehead atoms. The SMILES string of the molecule is CC(C)Oc1ccc(S(C)(=O)=O)cc1Cc1nc(-c2ccc(N3CCC(N(C)C)CC3)nc2)cs1. The maximum atomic E-state index is 12.1. The van der Waals surface area contributed by atoms with Crippen LogP contribution in [0.25, 0.3) is 11.3 Å². The first-order valence-corrected chi connectivity index (χ1v) is 14.7. The minimum atomic E-state index is -3.31. The van der Waals surface area contributed by atoms with Crippen LogP contribution in [0.3, 0.4) is 0 Å². The van der Waals surface area contributed by atoms with Crippen LogP contribution < -0.4 is 9.64 Å². The van der Waals surface area contributed by atoms with Crippen molar-refractivity contribution >= 4 is 27.0 Å². The third-order valence-corrected chi connectivity index (χ3v) is 8.24. The van der Waals surface area contributed by atoms with Crippen molar-refractivity contribution in [2.45, 2.75) is 50.2 Å². The summed E-state index contributed by atoms with van der Waals surface area (Å²) in [6.45, 7) is 5.94. The van der Waals surface area contributed by atoms with E-state index in [0.29, 0.717) is 18.2 Å². The molecule has 188 valence electrons. The van der Waals surface area contributed by atoms with Gasteiger partial charge in [-0.3, -0.25) is 0 Å². The van der Waals surface area contributed by atoms with Crippen LogP contribution in [0, 0.1) is 0 Å². The third kappa shape index (κ3) is 6.39. The van der Waals surface area contributed by atoms with Crippen molar-refractivity contribution < 1.29 is 13.2 Å². The zero-order valence-corrected chi connectivity index (χ0v) is 22.7. The normalized spacial score (nSPS) is 15.2. The summed E-state index contributed by atoms with van der Waals surface area (Å²) in [5.74, 6) is 1.70. The van der Waals surface area contributed by atoms with Gasteiger partial charge in [0.2, 0.25) is 0 Å². The van der Waals surface area contributed by atoms with E-state index in [1.165, 1.54) is 6.26 Å². The van der Waals surface area contributed by atoms with Crippen molar-refractivity contribution in [3.8, 4) is 17.0 Å². The summed E-state index contributed by atoms with van der Waals surface area (Å²) in [6.07, 6.45) is 5.90. The number of benzene rings is 1. The van der Waals surface area contributed by atoms with E-state index in [4.69, 9.17) is 14.7 Å². The number of anilines is 1. The number of hydrogen-bond acceptors (Lipinski definition) is 8. The molecule has 4 rings (SSSR count). The van der Waals surface area contributed by atoms with Crippen molar-refractivity contribution in [3.05, 3.63) is 52.5 Å². The lowest BCUT2D eigenvalue weighted by atomic mass is 10.0. The molecular weight excluding hydrogens is 480 g/mol. The highest BCUT2D eigenvalue weighted by Crippen LogP contribution is 2.30. The van der Waals surface area contributed by atoms with Gasteiger partial charge in [0.1, 0.15) is 11.6 Å². The van der Waals surface area contributed by atoms with Gasteiger partial charge in [-0.15, -0.1) is 11.3 Å². The van der Waals surface area contributed by atoms with E-state index >= 15 is 0 Å². The third-order valence-electron chi connectivity index (χ3n) is 6.28. The van der Waals surface area contributed by atoms with Crippen LogP contribution in [0.15, 0.2) is 46.8 Å². The fourth-order valence-corrected chi connectivity index (χ4v) is 5.82. The van der Waals surface area contributed by atoms with Crippen LogP contribution >= 0.6 is 11.3 Å². The molecule has 0 radical (unpaired) electrons. The maximum Gasteiger partial charge on any atom is 0.175 e. The molecule has 35 heavy (non-hydrogen) atoms. The van der Waals surface area contributed by atoms with Crippen LogP contribution in [0.1, 0.15) is 37.3 Å². The minimum Gasteiger partial charge on any atom is -0.491 e. The molecule has 0 atom stereocenters. The molecule has 0 N–H and O–H groups in total. The number of hydrogen-bond donors (Lipinski definition) is 0. The largest absolute Gasteiger partial charge is 0.491 e. The van der Waals surface area contributed by atoms with E-state index in [-0.39, 0.29) is 11.0 Å². The van der Waals surface area contributed by atoms with E-state index in [1.54, 1.807) is 29.5 Å². The highest BCUT2D eigenvalue weighted by atomic mass is 32.2. The predicted octanol–water partition coefficient (Wildman–Crippen LogP) is 4.52. The van der Waals surface area contributed by atoms with Gasteiger partial charge in [0.15, 0.2) is 9.84 Å². The molecule has 9 heteroatoms. The second-order valence-electron chi connectivity index (χ2n) is 9.60. The maximum absolute atomic E-state index is 12.1. The number of pyridine rings is 1. The number of sulfone groups is 1. The van der Waals surface area contributed by atoms with Gasteiger partial charge in [-0.1, -0.05) is 0 Å². The van der Waals surface area contributed by atoms with Gasteiger partial charge in [0.25, 0.3) is 0 Å². The Morgan fingerprint density at radius 1 is 1.17 bits per heavy atom. The Balaban J connectivity index is 1.49. The molecule has 0 spiro atoms. The Labute approximate surface area is 212 Å². The molecule has 2 aromatic heterocycles. The lowest BCUT2D eigenvalue weighted by Crippen LogP contribution is -2.42. The van der Waals surface area contributed by atoms with E-state index in [2.05, 4.69) is 36.0 Å². The summed E-state index contributed by atoms with van der Waals surface area (Å²) in [7, 11) is 0.989. The zero-order chi connectivity index (χ0) is 25.2. The predicted molar refractivity (Wildman–Crippen MR) is 142 cm³/mol. The van der Waals surface area contributed by atoms with Crippen molar-refractivity contribution in [2.24, 2.45) is 0 Å². The smallest absolute Gasteiger partial charge is 0.175 e. The first kappa shape index (κ1) is 25.6. The number of rotatable bonds is 8. The van der Waals surface area contributed by atoms with Gasteiger partial charge in [-0.25, -0.2) is 18.4 Å². The quantitative estimate of drug-likeness (QED) is 0.438. The molecule has 1 aliphatic heterocycles. The Morgan fingerprint density at radius 2 is 1.91 bits per heavy atom. The van der Waals surface area contributed by atoms with Crippen molar-refractivity contribution in [1.29, 1.82) is 0 Å². The second kappa shape index (κ2) is 10.6. The Hall–Kier alpha value is -2.49. The monoisotopic (exact) mass is 514 g/mol. The molecule has 3 heterocycles. The molecule has 3 aromatic rings. The summed E-state index contributed by atoms with van der Waals surface area (Å²) in [4.78, 5) is 14.5. The zero-order valence-electron chi connectivity index (χ0n) is 21.1. The molecule has 0 aliphatic carbocycles. The summed E-state index contributed by atoms with van der Waals surface area (Å²) in [5, 5.41) is 2.92. The number of piperidine rings is 1. The standard InChI is InChI=1S/C26H34N4O3S2/c1-18(2)33-24-8-7-22(35(5,31)32)14-20(24)15-26-28-23(17-34-26)19-6-9-25(27-16-19)30-12-10-21(11-13-30)29(3)4/h6-9,14,16-18,21H,10-13,15H2,1-5H3. The van der Waals surface area contributed by atoms with E-state index < -0.39 is 9.84 Å². The lowest BCUT2D eigenvalue weighted by molar-refractivity contribution is 0.240. The molecule has 0 saturated carbocycles.